The number of halogens is 2. The Morgan fingerprint density at radius 2 is 1.30 bits per heavy atom. The molecule has 4 aromatic heterocycles. The molecule has 4 heterocycles. The molecule has 0 bridgehead atoms. The second kappa shape index (κ2) is 23.0. The summed E-state index contributed by atoms with van der Waals surface area (Å²) in [5.41, 5.74) is 1.60. The Hall–Kier alpha value is -4.71. The topological polar surface area (TPSA) is 329 Å². The zero-order chi connectivity index (χ0) is 51.3. The van der Waals surface area contributed by atoms with Crippen LogP contribution in [0.5, 0.6) is 0 Å². The van der Waals surface area contributed by atoms with Gasteiger partial charge in [-0.3, -0.25) is 18.0 Å². The van der Waals surface area contributed by atoms with E-state index in [0.717, 1.165) is 4.47 Å². The number of rotatable bonds is 18. The van der Waals surface area contributed by atoms with E-state index in [0.29, 0.717) is 74.3 Å². The van der Waals surface area contributed by atoms with Crippen molar-refractivity contribution in [2.24, 2.45) is 22.1 Å². The molecule has 2 fully saturated rings. The Bertz CT molecular complexity index is 3090. The average molecular weight is 1140 g/mol. The average Bonchev–Trinajstić information content (AvgIpc) is 4.15. The van der Waals surface area contributed by atoms with Crippen LogP contribution in [-0.2, 0) is 34.6 Å². The standard InChI is InChI=1S/C23H25BrN4O6S2.C22H23ClN4O6S2/c1-23(31,14-3-2-4-16(24)6-14)15-7-20(35-11-15)21(30)18-9-26-12-27-22(18)28-17-5-13(19(29)8-17)10-34-36(25,32)33;23-15-3-1-2-12(4-15)20(29)14-6-19(34-10-14)21(30)17-8-25-11-26-22(17)27-16-5-13(18(28)7-16)9-33-35(24,31)32/h2-4,6-7,9,11-13,17,19,29,31H,5,8,10H2,1H3,(H2,25,32,33)(H,26,27,28);1-4,6,8,10-11,13,16,18,20,28-29H,5,7,9H2,(H2,24,31,32)(H,25,26,27)/t13-,17-,19+,23?;13-,16-,18+,20?/m11/s1. The van der Waals surface area contributed by atoms with E-state index in [4.69, 9.17) is 21.9 Å². The molecule has 0 amide bonds. The first-order valence-corrected chi connectivity index (χ1v) is 27.4. The van der Waals surface area contributed by atoms with Gasteiger partial charge >= 0.3 is 20.6 Å². The van der Waals surface area contributed by atoms with Crippen LogP contribution in [0.2, 0.25) is 5.02 Å². The van der Waals surface area contributed by atoms with Crippen molar-refractivity contribution in [1.82, 2.24) is 19.9 Å². The summed E-state index contributed by atoms with van der Waals surface area (Å²) >= 11 is 11.8. The van der Waals surface area contributed by atoms with Gasteiger partial charge in [0.1, 0.15) is 36.0 Å². The highest BCUT2D eigenvalue weighted by Crippen LogP contribution is 2.36. The van der Waals surface area contributed by atoms with Crippen LogP contribution in [0.4, 0.5) is 11.6 Å². The summed E-state index contributed by atoms with van der Waals surface area (Å²) in [6.45, 7) is 1.20. The number of carbonyl (C=O) groups excluding carboxylic acids is 2. The molecule has 10 N–H and O–H groups in total. The van der Waals surface area contributed by atoms with Crippen molar-refractivity contribution in [3.05, 3.63) is 149 Å². The summed E-state index contributed by atoms with van der Waals surface area (Å²) in [5.74, 6) is -0.932. The molecule has 0 saturated heterocycles. The lowest BCUT2D eigenvalue weighted by molar-refractivity contribution is 0.100. The molecule has 2 aliphatic rings. The van der Waals surface area contributed by atoms with Crippen LogP contribution in [0.3, 0.4) is 0 Å². The molecule has 0 aliphatic heterocycles. The summed E-state index contributed by atoms with van der Waals surface area (Å²) in [7, 11) is -8.21. The number of aliphatic hydroxyl groups excluding tert-OH is 3. The molecule has 2 aromatic carbocycles. The van der Waals surface area contributed by atoms with Crippen LogP contribution in [0.1, 0.15) is 91.4 Å². The first-order valence-electron chi connectivity index (χ1n) is 21.6. The van der Waals surface area contributed by atoms with E-state index >= 15 is 0 Å². The van der Waals surface area contributed by atoms with E-state index in [1.165, 1.54) is 47.7 Å². The van der Waals surface area contributed by atoms with Gasteiger partial charge in [-0.2, -0.15) is 16.8 Å². The largest absolute Gasteiger partial charge is 0.393 e. The quantitative estimate of drug-likeness (QED) is 0.0534. The first-order chi connectivity index (χ1) is 33.5. The van der Waals surface area contributed by atoms with Crippen molar-refractivity contribution >= 4 is 94.0 Å². The van der Waals surface area contributed by atoms with Gasteiger partial charge in [-0.05, 0) is 102 Å². The van der Waals surface area contributed by atoms with Gasteiger partial charge < -0.3 is 31.1 Å². The third-order valence-electron chi connectivity index (χ3n) is 11.9. The second-order valence-electron chi connectivity index (χ2n) is 17.0. The van der Waals surface area contributed by atoms with Gasteiger partial charge in [0, 0.05) is 45.8 Å². The third-order valence-corrected chi connectivity index (χ3v) is 15.4. The molecule has 26 heteroatoms. The van der Waals surface area contributed by atoms with Crippen molar-refractivity contribution in [3.8, 4) is 0 Å². The van der Waals surface area contributed by atoms with Gasteiger partial charge in [-0.25, -0.2) is 30.2 Å². The minimum atomic E-state index is -4.10. The first kappa shape index (κ1) is 54.1. The number of hydrogen-bond donors (Lipinski definition) is 8. The highest BCUT2D eigenvalue weighted by Gasteiger charge is 2.37. The second-order valence-corrected chi connectivity index (χ2v) is 22.7. The summed E-state index contributed by atoms with van der Waals surface area (Å²) < 4.78 is 54.3. The number of nitrogens with zero attached hydrogens (tertiary/aromatic N) is 4. The highest BCUT2D eigenvalue weighted by molar-refractivity contribution is 9.10. The lowest BCUT2D eigenvalue weighted by Gasteiger charge is -2.23. The Morgan fingerprint density at radius 3 is 1.82 bits per heavy atom. The van der Waals surface area contributed by atoms with Crippen LogP contribution < -0.4 is 20.9 Å². The summed E-state index contributed by atoms with van der Waals surface area (Å²) in [6.07, 6.45) is 4.30. The molecule has 6 aromatic rings. The Morgan fingerprint density at radius 1 is 0.775 bits per heavy atom. The maximum absolute atomic E-state index is 13.4. The van der Waals surface area contributed by atoms with E-state index in [-0.39, 0.29) is 48.0 Å². The van der Waals surface area contributed by atoms with E-state index in [1.54, 1.807) is 54.1 Å². The van der Waals surface area contributed by atoms with Crippen LogP contribution in [0, 0.1) is 11.8 Å². The monoisotopic (exact) mass is 1130 g/mol. The Labute approximate surface area is 430 Å². The van der Waals surface area contributed by atoms with Crippen molar-refractivity contribution in [2.45, 2.75) is 68.6 Å². The number of ketones is 2. The van der Waals surface area contributed by atoms with E-state index in [9.17, 15) is 46.9 Å². The fourth-order valence-corrected chi connectivity index (χ4v) is 11.4. The maximum atomic E-state index is 13.4. The van der Waals surface area contributed by atoms with Crippen LogP contribution in [0.15, 0.2) is 101 Å². The number of aromatic nitrogens is 4. The van der Waals surface area contributed by atoms with E-state index in [1.807, 2.05) is 24.3 Å². The molecular formula is C45H48BrClN8O12S4. The Balaban J connectivity index is 0.000000209. The smallest absolute Gasteiger partial charge is 0.333 e. The SMILES string of the molecule is CC(O)(c1cccc(Br)c1)c1csc(C(=O)c2cncnc2N[C@@H]2C[C@H](COS(N)(=O)=O)[C@@H](O)C2)c1.NS(=O)(=O)OC[C@H]1C[C@@H](Nc2ncncc2C(=O)c2cc(C(O)c3cccc(Cl)c3)cs2)C[C@@H]1O. The number of hydrogen-bond acceptors (Lipinski definition) is 20. The minimum absolute atomic E-state index is 0.233. The maximum Gasteiger partial charge on any atom is 0.333 e. The fraction of sp³-hybridized carbons (Fsp3) is 0.333. The molecule has 378 valence electrons. The molecule has 20 nitrogen and oxygen atoms in total. The van der Waals surface area contributed by atoms with Crippen LogP contribution >= 0.6 is 50.2 Å². The molecule has 2 unspecified atom stereocenters. The summed E-state index contributed by atoms with van der Waals surface area (Å²) in [4.78, 5) is 43.8. The van der Waals surface area contributed by atoms with Crippen LogP contribution in [0.25, 0.3) is 0 Å². The number of nitrogens with two attached hydrogens (primary N) is 2. The molecule has 0 spiro atoms. The molecule has 2 saturated carbocycles. The number of thiophene rings is 2. The van der Waals surface area contributed by atoms with Crippen molar-refractivity contribution in [3.63, 3.8) is 0 Å². The lowest BCUT2D eigenvalue weighted by Crippen LogP contribution is -2.24. The zero-order valence-corrected chi connectivity index (χ0v) is 43.0. The van der Waals surface area contributed by atoms with E-state index < -0.39 is 56.4 Å². The Kier molecular flexibility index (Phi) is 17.5. The van der Waals surface area contributed by atoms with Gasteiger partial charge in [0.2, 0.25) is 11.6 Å². The van der Waals surface area contributed by atoms with E-state index in [2.05, 4.69) is 54.9 Å². The number of nitrogens with one attached hydrogen (secondary N) is 2. The van der Waals surface area contributed by atoms with Crippen molar-refractivity contribution < 1.29 is 55.2 Å². The van der Waals surface area contributed by atoms with Gasteiger partial charge in [0.15, 0.2) is 0 Å². The van der Waals surface area contributed by atoms with Gasteiger partial charge in [-0.1, -0.05) is 51.8 Å². The normalized spacial score (nSPS) is 21.4. The summed E-state index contributed by atoms with van der Waals surface area (Å²) in [5, 5.41) is 62.5. The molecule has 0 radical (unpaired) electrons. The highest BCUT2D eigenvalue weighted by atomic mass is 79.9. The number of anilines is 2. The van der Waals surface area contributed by atoms with Gasteiger partial charge in [0.05, 0.1) is 46.3 Å². The lowest BCUT2D eigenvalue weighted by atomic mass is 9.90. The molecule has 8 atom stereocenters. The third kappa shape index (κ3) is 14.3. The fourth-order valence-electron chi connectivity index (χ4n) is 8.19. The molecule has 8 rings (SSSR count). The predicted molar refractivity (Wildman–Crippen MR) is 268 cm³/mol. The van der Waals surface area contributed by atoms with Gasteiger partial charge in [-0.15, -0.1) is 22.7 Å². The van der Waals surface area contributed by atoms with Crippen molar-refractivity contribution in [2.75, 3.05) is 23.8 Å². The molecule has 71 heavy (non-hydrogen) atoms. The zero-order valence-electron chi connectivity index (χ0n) is 37.4. The molecular weight excluding hydrogens is 1090 g/mol. The number of aliphatic hydroxyl groups is 4. The van der Waals surface area contributed by atoms with Crippen molar-refractivity contribution in [1.29, 1.82) is 0 Å². The number of benzene rings is 2. The number of carbonyl (C=O) groups is 2. The minimum Gasteiger partial charge on any atom is -0.393 e. The summed E-state index contributed by atoms with van der Waals surface area (Å²) in [6, 6.07) is 16.9. The molecule has 2 aliphatic carbocycles. The predicted octanol–water partition coefficient (Wildman–Crippen LogP) is 4.83. The van der Waals surface area contributed by atoms with Crippen LogP contribution in [-0.4, -0.2) is 106 Å². The van der Waals surface area contributed by atoms with Gasteiger partial charge in [0.25, 0.3) is 0 Å².